The van der Waals surface area contributed by atoms with E-state index in [2.05, 4.69) is 11.9 Å². The van der Waals surface area contributed by atoms with Crippen LogP contribution in [0.3, 0.4) is 0 Å². The minimum atomic E-state index is -0.981. The summed E-state index contributed by atoms with van der Waals surface area (Å²) in [7, 11) is 0. The number of aryl methyl sites for hydroxylation is 2. The number of fused-ring (bicyclic) bond motifs is 1. The van der Waals surface area contributed by atoms with E-state index < -0.39 is 12.0 Å². The van der Waals surface area contributed by atoms with Gasteiger partial charge in [-0.25, -0.2) is 9.78 Å². The Balaban J connectivity index is 1.96. The molecule has 2 aromatic rings. The molecule has 0 aliphatic carbocycles. The lowest BCUT2D eigenvalue weighted by atomic mass is 10.2. The lowest BCUT2D eigenvalue weighted by molar-refractivity contribution is -0.141. The normalized spacial score (nSPS) is 17.2. The highest BCUT2D eigenvalue weighted by Gasteiger charge is 2.36. The van der Waals surface area contributed by atoms with Gasteiger partial charge < -0.3 is 10.0 Å². The van der Waals surface area contributed by atoms with Gasteiger partial charge in [0.05, 0.1) is 16.6 Å². The van der Waals surface area contributed by atoms with Gasteiger partial charge in [0.2, 0.25) is 0 Å². The molecule has 1 aliphatic rings. The second kappa shape index (κ2) is 7.57. The third kappa shape index (κ3) is 3.25. The minimum Gasteiger partial charge on any atom is -0.480 e. The number of carboxylic acids is 1. The first-order chi connectivity index (χ1) is 12.5. The van der Waals surface area contributed by atoms with Gasteiger partial charge >= 0.3 is 5.97 Å². The van der Waals surface area contributed by atoms with Crippen molar-refractivity contribution in [3.63, 3.8) is 0 Å². The summed E-state index contributed by atoms with van der Waals surface area (Å²) in [5, 5.41) is 9.79. The summed E-state index contributed by atoms with van der Waals surface area (Å²) in [6, 6.07) is -0.786. The number of amides is 1. The maximum absolute atomic E-state index is 12.9. The van der Waals surface area contributed by atoms with Gasteiger partial charge in [0.15, 0.2) is 0 Å². The van der Waals surface area contributed by atoms with Crippen LogP contribution in [0.5, 0.6) is 0 Å². The third-order valence-electron chi connectivity index (χ3n) is 4.91. The van der Waals surface area contributed by atoms with Crippen molar-refractivity contribution in [3.05, 3.63) is 27.1 Å². The molecule has 2 aromatic heterocycles. The summed E-state index contributed by atoms with van der Waals surface area (Å²) in [6.45, 7) is 4.89. The number of thiophene rings is 1. The van der Waals surface area contributed by atoms with Crippen LogP contribution in [-0.4, -0.2) is 44.0 Å². The van der Waals surface area contributed by atoms with Crippen molar-refractivity contribution in [3.8, 4) is 0 Å². The largest absolute Gasteiger partial charge is 0.480 e. The first kappa shape index (κ1) is 18.6. The average molecular weight is 377 g/mol. The molecule has 0 bridgehead atoms. The number of rotatable bonds is 6. The summed E-state index contributed by atoms with van der Waals surface area (Å²) in [6.07, 6.45) is 5.71. The Morgan fingerprint density at radius 3 is 2.85 bits per heavy atom. The maximum Gasteiger partial charge on any atom is 0.326 e. The van der Waals surface area contributed by atoms with Crippen LogP contribution in [0.15, 0.2) is 11.1 Å². The first-order valence-electron chi connectivity index (χ1n) is 8.98. The molecule has 3 rings (SSSR count). The molecule has 8 heteroatoms. The fraction of sp³-hybridized carbons (Fsp3) is 0.556. The van der Waals surface area contributed by atoms with E-state index in [0.717, 1.165) is 19.3 Å². The molecule has 1 saturated heterocycles. The average Bonchev–Trinajstić information content (AvgIpc) is 3.22. The number of aromatic nitrogens is 2. The van der Waals surface area contributed by atoms with Crippen molar-refractivity contribution in [2.24, 2.45) is 0 Å². The Kier molecular flexibility index (Phi) is 5.41. The van der Waals surface area contributed by atoms with Crippen LogP contribution in [0, 0.1) is 6.92 Å². The number of likely N-dealkylation sites (tertiary alicyclic amines) is 1. The Bertz CT molecular complexity index is 902. The second-order valence-electron chi connectivity index (χ2n) is 6.68. The lowest BCUT2D eigenvalue weighted by Crippen LogP contribution is -2.40. The summed E-state index contributed by atoms with van der Waals surface area (Å²) in [5.41, 5.74) is 0.475. The number of unbranched alkanes of at least 4 members (excludes halogenated alkanes) is 2. The van der Waals surface area contributed by atoms with Gasteiger partial charge in [-0.05, 0) is 31.7 Å². The molecule has 1 N–H and O–H groups in total. The molecule has 140 valence electrons. The van der Waals surface area contributed by atoms with Crippen molar-refractivity contribution < 1.29 is 14.7 Å². The number of hydrogen-bond acceptors (Lipinski definition) is 5. The minimum absolute atomic E-state index is 0.130. The Labute approximate surface area is 155 Å². The standard InChI is InChI=1S/C18H23N3O4S/c1-3-4-5-8-20-10-19-15-13(16(20)22)11(2)14(26-15)17(23)21-9-6-7-12(21)18(24)25/h10,12H,3-9H2,1-2H3,(H,24,25). The monoisotopic (exact) mass is 377 g/mol. The summed E-state index contributed by atoms with van der Waals surface area (Å²) in [5.74, 6) is -1.29. The molecule has 7 nitrogen and oxygen atoms in total. The molecule has 1 aliphatic heterocycles. The molecule has 1 amide bonds. The topological polar surface area (TPSA) is 92.5 Å². The quantitative estimate of drug-likeness (QED) is 0.781. The van der Waals surface area contributed by atoms with Crippen LogP contribution >= 0.6 is 11.3 Å². The van der Waals surface area contributed by atoms with Gasteiger partial charge in [-0.1, -0.05) is 19.8 Å². The van der Waals surface area contributed by atoms with E-state index in [1.807, 2.05) is 0 Å². The van der Waals surface area contributed by atoms with Crippen LogP contribution in [0.1, 0.15) is 54.3 Å². The van der Waals surface area contributed by atoms with Gasteiger partial charge in [-0.2, -0.15) is 0 Å². The van der Waals surface area contributed by atoms with E-state index in [-0.39, 0.29) is 11.5 Å². The van der Waals surface area contributed by atoms with E-state index >= 15 is 0 Å². The molecular formula is C18H23N3O4S. The molecule has 26 heavy (non-hydrogen) atoms. The number of carbonyl (C=O) groups is 2. The van der Waals surface area contributed by atoms with Gasteiger partial charge in [0.25, 0.3) is 11.5 Å². The zero-order valence-corrected chi connectivity index (χ0v) is 15.8. The fourth-order valence-electron chi connectivity index (χ4n) is 3.45. The molecule has 0 radical (unpaired) electrons. The first-order valence-corrected chi connectivity index (χ1v) is 9.79. The Hall–Kier alpha value is -2.22. The second-order valence-corrected chi connectivity index (χ2v) is 7.68. The number of carboxylic acid groups (broad SMARTS) is 1. The van der Waals surface area contributed by atoms with Gasteiger partial charge in [0, 0.05) is 13.1 Å². The number of nitrogens with zero attached hydrogens (tertiary/aromatic N) is 3. The van der Waals surface area contributed by atoms with Crippen molar-refractivity contribution in [2.45, 2.75) is 58.5 Å². The highest BCUT2D eigenvalue weighted by Crippen LogP contribution is 2.30. The van der Waals surface area contributed by atoms with Gasteiger partial charge in [0.1, 0.15) is 10.9 Å². The van der Waals surface area contributed by atoms with Gasteiger partial charge in [-0.3, -0.25) is 14.2 Å². The van der Waals surface area contributed by atoms with E-state index in [4.69, 9.17) is 0 Å². The number of carbonyl (C=O) groups excluding carboxylic acids is 1. The van der Waals surface area contributed by atoms with Crippen molar-refractivity contribution in [1.29, 1.82) is 0 Å². The zero-order chi connectivity index (χ0) is 18.8. The van der Waals surface area contributed by atoms with E-state index in [9.17, 15) is 19.5 Å². The smallest absolute Gasteiger partial charge is 0.326 e. The highest BCUT2D eigenvalue weighted by atomic mass is 32.1. The molecule has 0 spiro atoms. The van der Waals surface area contributed by atoms with E-state index in [1.54, 1.807) is 17.8 Å². The van der Waals surface area contributed by atoms with Crippen molar-refractivity contribution >= 4 is 33.4 Å². The van der Waals surface area contributed by atoms with E-state index in [0.29, 0.717) is 46.6 Å². The summed E-state index contributed by atoms with van der Waals surface area (Å²) in [4.78, 5) is 43.8. The van der Waals surface area contributed by atoms with Crippen LogP contribution < -0.4 is 5.56 Å². The van der Waals surface area contributed by atoms with Gasteiger partial charge in [-0.15, -0.1) is 11.3 Å². The third-order valence-corrected chi connectivity index (χ3v) is 6.10. The predicted octanol–water partition coefficient (Wildman–Crippen LogP) is 2.65. The van der Waals surface area contributed by atoms with E-state index in [1.165, 1.54) is 16.2 Å². The molecule has 1 fully saturated rings. The molecule has 3 heterocycles. The predicted molar refractivity (Wildman–Crippen MR) is 99.8 cm³/mol. The maximum atomic E-state index is 12.9. The Morgan fingerprint density at radius 1 is 1.38 bits per heavy atom. The van der Waals surface area contributed by atoms with Crippen LogP contribution in [0.4, 0.5) is 0 Å². The lowest BCUT2D eigenvalue weighted by Gasteiger charge is -2.20. The number of aliphatic carboxylic acids is 1. The highest BCUT2D eigenvalue weighted by molar-refractivity contribution is 7.20. The van der Waals surface area contributed by atoms with Crippen LogP contribution in [-0.2, 0) is 11.3 Å². The summed E-state index contributed by atoms with van der Waals surface area (Å²) >= 11 is 1.18. The number of hydrogen-bond donors (Lipinski definition) is 1. The zero-order valence-electron chi connectivity index (χ0n) is 15.0. The molecular weight excluding hydrogens is 354 g/mol. The van der Waals surface area contributed by atoms with Crippen molar-refractivity contribution in [1.82, 2.24) is 14.5 Å². The molecule has 0 saturated carbocycles. The molecule has 1 unspecified atom stereocenters. The SMILES string of the molecule is CCCCCn1cnc2sc(C(=O)N3CCCC3C(=O)O)c(C)c2c1=O. The van der Waals surface area contributed by atoms with Crippen molar-refractivity contribution in [2.75, 3.05) is 6.54 Å². The Morgan fingerprint density at radius 2 is 2.15 bits per heavy atom. The van der Waals surface area contributed by atoms with Crippen LogP contribution in [0.2, 0.25) is 0 Å². The van der Waals surface area contributed by atoms with Crippen LogP contribution in [0.25, 0.3) is 10.2 Å². The molecule has 0 aromatic carbocycles. The molecule has 1 atom stereocenters. The fourth-order valence-corrected chi connectivity index (χ4v) is 4.55. The summed E-state index contributed by atoms with van der Waals surface area (Å²) < 4.78 is 1.60.